The average Bonchev–Trinajstić information content (AvgIpc) is 2.83. The van der Waals surface area contributed by atoms with Crippen LogP contribution in [0.25, 0.3) is 0 Å². The summed E-state index contributed by atoms with van der Waals surface area (Å²) in [6, 6.07) is 35.9. The molecule has 2 nitrogen and oxygen atoms in total. The first-order valence-electron chi connectivity index (χ1n) is 12.3. The van der Waals surface area contributed by atoms with Gasteiger partial charge in [0.25, 0.3) is 0 Å². The zero-order valence-corrected chi connectivity index (χ0v) is 23.8. The fourth-order valence-electron chi connectivity index (χ4n) is 4.55. The van der Waals surface area contributed by atoms with Crippen molar-refractivity contribution in [2.45, 2.75) is 52.4 Å². The fraction of sp³-hybridized carbons (Fsp3) is 0.250. The molecule has 0 aliphatic carbocycles. The molecule has 0 radical (unpaired) electrons. The van der Waals surface area contributed by atoms with E-state index in [0.29, 0.717) is 5.75 Å². The average molecular weight is 525 g/mol. The summed E-state index contributed by atoms with van der Waals surface area (Å²) in [6.45, 7) is 13.0. The van der Waals surface area contributed by atoms with Gasteiger partial charge in [-0.25, -0.2) is 0 Å². The molecule has 0 saturated carbocycles. The Labute approximate surface area is 213 Å². The normalized spacial score (nSPS) is 12.4. The molecule has 1 N–H and O–H groups in total. The van der Waals surface area contributed by atoms with E-state index in [1.165, 1.54) is 13.2 Å². The van der Waals surface area contributed by atoms with Crippen molar-refractivity contribution < 1.29 is 8.87 Å². The van der Waals surface area contributed by atoms with Crippen LogP contribution < -0.4 is 17.0 Å². The Balaban J connectivity index is 2.07. The molecule has 0 unspecified atom stereocenters. The number of hydrogen-bond donors (Lipinski definition) is 1. The molecule has 4 aromatic rings. The van der Waals surface area contributed by atoms with Gasteiger partial charge in [0, 0.05) is 0 Å². The zero-order chi connectivity index (χ0) is 25.3. The Morgan fingerprint density at radius 2 is 0.971 bits per heavy atom. The Morgan fingerprint density at radius 1 is 0.571 bits per heavy atom. The molecule has 180 valence electrons. The van der Waals surface area contributed by atoms with Crippen LogP contribution in [-0.4, -0.2) is 18.7 Å². The Bertz CT molecular complexity index is 1170. The van der Waals surface area contributed by atoms with Crippen molar-refractivity contribution in [3.8, 4) is 11.5 Å². The molecular formula is C32H36GeO2. The van der Waals surface area contributed by atoms with Gasteiger partial charge in [-0.2, -0.15) is 0 Å². The summed E-state index contributed by atoms with van der Waals surface area (Å²) in [7, 11) is 0. The van der Waals surface area contributed by atoms with E-state index >= 15 is 0 Å². The second-order valence-electron chi connectivity index (χ2n) is 11.3. The third-order valence-electron chi connectivity index (χ3n) is 6.55. The van der Waals surface area contributed by atoms with E-state index in [4.69, 9.17) is 3.76 Å². The molecule has 0 aromatic heterocycles. The van der Waals surface area contributed by atoms with Crippen molar-refractivity contribution in [1.29, 1.82) is 0 Å². The van der Waals surface area contributed by atoms with Gasteiger partial charge >= 0.3 is 214 Å². The molecule has 0 spiro atoms. The fourth-order valence-corrected chi connectivity index (χ4v) is 12.6. The number of rotatable bonds is 5. The minimum absolute atomic E-state index is 0.0896. The summed E-state index contributed by atoms with van der Waals surface area (Å²) >= 11 is -3.74. The first-order valence-corrected chi connectivity index (χ1v) is 16.3. The minimum atomic E-state index is -3.74. The maximum atomic E-state index is 11.6. The van der Waals surface area contributed by atoms with E-state index in [0.717, 1.165) is 11.1 Å². The third-order valence-corrected chi connectivity index (χ3v) is 14.9. The number of phenols is 1. The standard InChI is InChI=1S/C32H36GeO2/c1-31(2,3)24-22-28(32(4,5)6)30(34)29(23-24)35-33(25-16-10-7-11-17-25,26-18-12-8-13-19-26)27-20-14-9-15-21-27/h7-23,34H,1-6H3. The van der Waals surface area contributed by atoms with Crippen LogP contribution in [0.4, 0.5) is 0 Å². The SMILES string of the molecule is CC(C)(C)c1cc([O][Ge]([c]2ccccc2)([c]2ccccc2)[c]2ccccc2)c(O)c(C(C)(C)C)c1. The van der Waals surface area contributed by atoms with Crippen LogP contribution in [0.5, 0.6) is 11.5 Å². The van der Waals surface area contributed by atoms with Crippen LogP contribution in [0, 0.1) is 0 Å². The van der Waals surface area contributed by atoms with Crippen LogP contribution >= 0.6 is 0 Å². The van der Waals surface area contributed by atoms with E-state index in [-0.39, 0.29) is 16.6 Å². The molecule has 4 rings (SSSR count). The summed E-state index contributed by atoms with van der Waals surface area (Å²) in [5.74, 6) is 0.808. The molecule has 0 fully saturated rings. The van der Waals surface area contributed by atoms with Crippen molar-refractivity contribution in [3.63, 3.8) is 0 Å². The van der Waals surface area contributed by atoms with Crippen molar-refractivity contribution in [1.82, 2.24) is 0 Å². The van der Waals surface area contributed by atoms with Gasteiger partial charge in [0.05, 0.1) is 0 Å². The quantitative estimate of drug-likeness (QED) is 0.323. The summed E-state index contributed by atoms with van der Waals surface area (Å²) in [5, 5.41) is 11.6. The van der Waals surface area contributed by atoms with E-state index in [9.17, 15) is 5.11 Å². The van der Waals surface area contributed by atoms with Crippen molar-refractivity contribution in [2.24, 2.45) is 0 Å². The predicted molar refractivity (Wildman–Crippen MR) is 150 cm³/mol. The van der Waals surface area contributed by atoms with E-state index in [1.807, 2.05) is 18.2 Å². The molecule has 0 atom stereocenters. The third kappa shape index (κ3) is 5.04. The van der Waals surface area contributed by atoms with Crippen LogP contribution in [0.2, 0.25) is 0 Å². The van der Waals surface area contributed by atoms with Gasteiger partial charge in [0.15, 0.2) is 0 Å². The van der Waals surface area contributed by atoms with E-state index in [2.05, 4.69) is 126 Å². The molecule has 35 heavy (non-hydrogen) atoms. The Hall–Kier alpha value is -2.98. The Kier molecular flexibility index (Phi) is 6.88. The Morgan fingerprint density at radius 3 is 1.31 bits per heavy atom. The zero-order valence-electron chi connectivity index (χ0n) is 21.7. The van der Waals surface area contributed by atoms with Crippen molar-refractivity contribution in [3.05, 3.63) is 114 Å². The topological polar surface area (TPSA) is 29.5 Å². The van der Waals surface area contributed by atoms with E-state index < -0.39 is 13.6 Å². The molecule has 3 heteroatoms. The monoisotopic (exact) mass is 526 g/mol. The summed E-state index contributed by atoms with van der Waals surface area (Å²) in [4.78, 5) is 0. The first kappa shape index (κ1) is 25.1. The van der Waals surface area contributed by atoms with Crippen molar-refractivity contribution in [2.75, 3.05) is 0 Å². The van der Waals surface area contributed by atoms with Gasteiger partial charge in [-0.15, -0.1) is 0 Å². The summed E-state index contributed by atoms with van der Waals surface area (Å²) in [6.07, 6.45) is 0. The summed E-state index contributed by atoms with van der Waals surface area (Å²) in [5.41, 5.74) is 1.74. The molecule has 0 bridgehead atoms. The number of benzene rings is 4. The van der Waals surface area contributed by atoms with Gasteiger partial charge in [-0.05, 0) is 0 Å². The van der Waals surface area contributed by atoms with Crippen LogP contribution in [-0.2, 0) is 10.8 Å². The van der Waals surface area contributed by atoms with E-state index in [1.54, 1.807) is 0 Å². The number of aromatic hydroxyl groups is 1. The number of hydrogen-bond acceptors (Lipinski definition) is 2. The second-order valence-corrected chi connectivity index (χ2v) is 18.2. The van der Waals surface area contributed by atoms with Crippen molar-refractivity contribution >= 4 is 26.8 Å². The summed E-state index contributed by atoms with van der Waals surface area (Å²) < 4.78 is 10.8. The molecule has 4 aromatic carbocycles. The first-order chi connectivity index (χ1) is 16.5. The molecule has 0 saturated heterocycles. The van der Waals surface area contributed by atoms with Gasteiger partial charge in [-0.3, -0.25) is 0 Å². The van der Waals surface area contributed by atoms with Gasteiger partial charge < -0.3 is 0 Å². The van der Waals surface area contributed by atoms with Gasteiger partial charge in [0.1, 0.15) is 0 Å². The molecule has 0 amide bonds. The maximum absolute atomic E-state index is 11.6. The molecule has 0 aliphatic rings. The number of phenolic OH excluding ortho intramolecular Hbond substituents is 1. The molecule has 0 aliphatic heterocycles. The predicted octanol–water partition coefficient (Wildman–Crippen LogP) is 6.03. The van der Waals surface area contributed by atoms with Crippen LogP contribution in [0.3, 0.4) is 0 Å². The van der Waals surface area contributed by atoms with Gasteiger partial charge in [0.2, 0.25) is 0 Å². The second kappa shape index (κ2) is 9.58. The van der Waals surface area contributed by atoms with Crippen LogP contribution in [0.1, 0.15) is 52.7 Å². The molecule has 0 heterocycles. The molecular weight excluding hydrogens is 489 g/mol. The van der Waals surface area contributed by atoms with Crippen LogP contribution in [0.15, 0.2) is 103 Å². The van der Waals surface area contributed by atoms with Gasteiger partial charge in [-0.1, -0.05) is 0 Å².